The topological polar surface area (TPSA) is 117 Å². The Labute approximate surface area is 134 Å². The van der Waals surface area contributed by atoms with Gasteiger partial charge in [0.15, 0.2) is 0 Å². The lowest BCUT2D eigenvalue weighted by molar-refractivity contribution is -0.118. The van der Waals surface area contributed by atoms with E-state index in [-0.39, 0.29) is 12.2 Å². The second-order valence-electron chi connectivity index (χ2n) is 4.94. The van der Waals surface area contributed by atoms with E-state index in [0.717, 1.165) is 22.7 Å². The molecule has 126 valence electrons. The van der Waals surface area contributed by atoms with Crippen LogP contribution in [-0.4, -0.2) is 51.7 Å². The Morgan fingerprint density at radius 1 is 1.48 bits per heavy atom. The van der Waals surface area contributed by atoms with Gasteiger partial charge in [-0.25, -0.2) is 14.0 Å². The summed E-state index contributed by atoms with van der Waals surface area (Å²) in [6.07, 6.45) is 7.86. The third kappa shape index (κ3) is 4.39. The number of allylic oxidation sites excluding steroid dienone is 3. The van der Waals surface area contributed by atoms with Crippen molar-refractivity contribution in [2.75, 3.05) is 13.2 Å². The van der Waals surface area contributed by atoms with Crippen LogP contribution in [0.4, 0.5) is 0 Å². The fourth-order valence-electron chi connectivity index (χ4n) is 2.12. The minimum atomic E-state index is -3.90. The number of aliphatic hydroxyl groups is 1. The predicted octanol–water partition coefficient (Wildman–Crippen LogP) is -0.443. The Hall–Kier alpha value is -2.20. The first-order chi connectivity index (χ1) is 11.0. The zero-order valence-electron chi connectivity index (χ0n) is 12.7. The highest BCUT2D eigenvalue weighted by Gasteiger charge is 2.34. The maximum atomic E-state index is 11.8. The number of aryl methyl sites for hydroxylation is 1. The summed E-state index contributed by atoms with van der Waals surface area (Å²) in [5.74, 6) is -0.616. The van der Waals surface area contributed by atoms with Gasteiger partial charge in [0.1, 0.15) is 19.2 Å². The lowest BCUT2D eigenvalue weighted by atomic mass is 10.1. The highest BCUT2D eigenvalue weighted by Crippen LogP contribution is 2.16. The summed E-state index contributed by atoms with van der Waals surface area (Å²) in [5.41, 5.74) is 1.21. The molecular weight excluding hydrogens is 322 g/mol. The van der Waals surface area contributed by atoms with E-state index < -0.39 is 22.7 Å². The molecule has 1 aromatic heterocycles. The van der Waals surface area contributed by atoms with Crippen molar-refractivity contribution in [1.29, 1.82) is 0 Å². The summed E-state index contributed by atoms with van der Waals surface area (Å²) < 4.78 is 28.0. The van der Waals surface area contributed by atoms with Crippen LogP contribution in [-0.2, 0) is 21.5 Å². The number of nitrogens with zero attached hydrogens (tertiary/aromatic N) is 4. The first-order valence-electron chi connectivity index (χ1n) is 7.11. The molecule has 2 N–H and O–H groups in total. The molecule has 0 spiro atoms. The molecule has 1 fully saturated rings. The highest BCUT2D eigenvalue weighted by molar-refractivity contribution is 7.88. The van der Waals surface area contributed by atoms with Gasteiger partial charge in [0.2, 0.25) is 0 Å². The minimum Gasteiger partial charge on any atom is -0.390 e. The number of carbonyl (C=O) groups is 1. The molecule has 2 heterocycles. The molecule has 1 aromatic rings. The van der Waals surface area contributed by atoms with E-state index in [1.165, 1.54) is 12.4 Å². The first kappa shape index (κ1) is 17.2. The lowest BCUT2D eigenvalue weighted by Crippen LogP contribution is -2.30. The number of hydrogen-bond donors (Lipinski definition) is 2. The van der Waals surface area contributed by atoms with Gasteiger partial charge >= 0.3 is 10.2 Å². The molecule has 1 aliphatic heterocycles. The molecule has 0 radical (unpaired) electrons. The largest absolute Gasteiger partial charge is 0.390 e. The molecule has 2 rings (SSSR count). The zero-order valence-corrected chi connectivity index (χ0v) is 13.5. The van der Waals surface area contributed by atoms with Gasteiger partial charge in [0.25, 0.3) is 5.91 Å². The van der Waals surface area contributed by atoms with Crippen LogP contribution >= 0.6 is 0 Å². The van der Waals surface area contributed by atoms with Crippen molar-refractivity contribution >= 4 is 16.1 Å². The van der Waals surface area contributed by atoms with Crippen LogP contribution in [0.1, 0.15) is 19.8 Å². The van der Waals surface area contributed by atoms with Gasteiger partial charge in [0, 0.05) is 6.54 Å². The van der Waals surface area contributed by atoms with E-state index in [1.807, 2.05) is 11.6 Å². The van der Waals surface area contributed by atoms with E-state index in [0.29, 0.717) is 6.54 Å². The van der Waals surface area contributed by atoms with E-state index in [2.05, 4.69) is 10.1 Å². The summed E-state index contributed by atoms with van der Waals surface area (Å²) in [6, 6.07) is 0. The maximum absolute atomic E-state index is 11.8. The van der Waals surface area contributed by atoms with Crippen molar-refractivity contribution in [3.8, 4) is 0 Å². The zero-order chi connectivity index (χ0) is 16.9. The maximum Gasteiger partial charge on any atom is 0.326 e. The number of aromatic nitrogens is 3. The highest BCUT2D eigenvalue weighted by atomic mass is 32.2. The summed E-state index contributed by atoms with van der Waals surface area (Å²) in [5, 5.41) is 13.4. The number of aliphatic hydroxyl groups excluding tert-OH is 1. The summed E-state index contributed by atoms with van der Waals surface area (Å²) in [7, 11) is -3.90. The smallest absolute Gasteiger partial charge is 0.326 e. The fraction of sp³-hybridized carbons (Fsp3) is 0.462. The second kappa shape index (κ2) is 7.38. The monoisotopic (exact) mass is 341 g/mol. The SMILES string of the molecule is CC/C(=C\C=C(/CO)N1CC(=O)NS1(=O)=O)CCn1cncn1. The Kier molecular flexibility index (Phi) is 5.50. The van der Waals surface area contributed by atoms with Gasteiger partial charge in [-0.3, -0.25) is 9.48 Å². The molecule has 0 bridgehead atoms. The predicted molar refractivity (Wildman–Crippen MR) is 82.0 cm³/mol. The molecule has 9 nitrogen and oxygen atoms in total. The quantitative estimate of drug-likeness (QED) is 0.649. The van der Waals surface area contributed by atoms with Crippen molar-refractivity contribution in [2.24, 2.45) is 0 Å². The Balaban J connectivity index is 2.11. The summed E-state index contributed by atoms with van der Waals surface area (Å²) in [6.45, 7) is 1.84. The van der Waals surface area contributed by atoms with E-state index >= 15 is 0 Å². The van der Waals surface area contributed by atoms with Crippen LogP contribution in [0.25, 0.3) is 0 Å². The third-order valence-corrected chi connectivity index (χ3v) is 4.83. The van der Waals surface area contributed by atoms with Crippen molar-refractivity contribution < 1.29 is 18.3 Å². The van der Waals surface area contributed by atoms with Crippen molar-refractivity contribution in [1.82, 2.24) is 23.8 Å². The van der Waals surface area contributed by atoms with E-state index in [9.17, 15) is 18.3 Å². The standard InChI is InChI=1S/C13H19N5O4S/c1-2-11(5-6-17-10-14-9-15-17)3-4-12(8-19)18-7-13(20)16-23(18,21)22/h3-4,9-10,19H,2,5-8H2,1H3,(H,16,20)/b11-3+,12-4+. The van der Waals surface area contributed by atoms with E-state index in [1.54, 1.807) is 17.1 Å². The summed E-state index contributed by atoms with van der Waals surface area (Å²) >= 11 is 0. The number of amides is 1. The molecule has 0 aliphatic carbocycles. The van der Waals surface area contributed by atoms with Crippen LogP contribution in [0, 0.1) is 0 Å². The Bertz CT molecular complexity index is 709. The molecule has 0 aromatic carbocycles. The lowest BCUT2D eigenvalue weighted by Gasteiger charge is -2.16. The number of hydrogen-bond acceptors (Lipinski definition) is 6. The molecule has 23 heavy (non-hydrogen) atoms. The van der Waals surface area contributed by atoms with Gasteiger partial charge in [0.05, 0.1) is 12.3 Å². The molecule has 1 amide bonds. The number of rotatable bonds is 7. The molecule has 10 heteroatoms. The van der Waals surface area contributed by atoms with Crippen LogP contribution in [0.15, 0.2) is 36.1 Å². The van der Waals surface area contributed by atoms with Crippen LogP contribution < -0.4 is 4.72 Å². The molecule has 1 aliphatic rings. The fourth-order valence-corrected chi connectivity index (χ4v) is 3.29. The van der Waals surface area contributed by atoms with Gasteiger partial charge in [-0.2, -0.15) is 13.5 Å². The molecular formula is C13H19N5O4S. The molecule has 1 saturated heterocycles. The Morgan fingerprint density at radius 3 is 2.78 bits per heavy atom. The molecule has 0 unspecified atom stereocenters. The van der Waals surface area contributed by atoms with Gasteiger partial charge in [-0.05, 0) is 18.9 Å². The normalized spacial score (nSPS) is 18.3. The molecule has 0 saturated carbocycles. The number of carbonyl (C=O) groups excluding carboxylic acids is 1. The average Bonchev–Trinajstić information content (AvgIpc) is 3.10. The second-order valence-corrected chi connectivity index (χ2v) is 6.54. The van der Waals surface area contributed by atoms with E-state index in [4.69, 9.17) is 0 Å². The average molecular weight is 341 g/mol. The first-order valence-corrected chi connectivity index (χ1v) is 8.55. The molecule has 0 atom stereocenters. The van der Waals surface area contributed by atoms with Crippen LogP contribution in [0.3, 0.4) is 0 Å². The van der Waals surface area contributed by atoms with Crippen LogP contribution in [0.2, 0.25) is 0 Å². The Morgan fingerprint density at radius 2 is 2.26 bits per heavy atom. The van der Waals surface area contributed by atoms with Gasteiger partial charge in [-0.1, -0.05) is 18.6 Å². The van der Waals surface area contributed by atoms with Gasteiger partial charge in [-0.15, -0.1) is 0 Å². The summed E-state index contributed by atoms with van der Waals surface area (Å²) in [4.78, 5) is 15.1. The third-order valence-electron chi connectivity index (χ3n) is 3.40. The number of nitrogens with one attached hydrogen (secondary N) is 1. The van der Waals surface area contributed by atoms with Crippen molar-refractivity contribution in [2.45, 2.75) is 26.3 Å². The minimum absolute atomic E-state index is 0.148. The van der Waals surface area contributed by atoms with Crippen molar-refractivity contribution in [3.63, 3.8) is 0 Å². The van der Waals surface area contributed by atoms with Gasteiger partial charge < -0.3 is 5.11 Å². The van der Waals surface area contributed by atoms with Crippen molar-refractivity contribution in [3.05, 3.63) is 36.1 Å². The van der Waals surface area contributed by atoms with Crippen LogP contribution in [0.5, 0.6) is 0 Å².